The van der Waals surface area contributed by atoms with Gasteiger partial charge in [0.05, 0.1) is 16.7 Å². The summed E-state index contributed by atoms with van der Waals surface area (Å²) in [6.07, 6.45) is 10.3. The van der Waals surface area contributed by atoms with Crippen LogP contribution >= 0.6 is 0 Å². The van der Waals surface area contributed by atoms with E-state index in [4.69, 9.17) is 4.74 Å². The van der Waals surface area contributed by atoms with Gasteiger partial charge in [0, 0.05) is 33.9 Å². The average molecular weight is 811 g/mol. The van der Waals surface area contributed by atoms with Crippen LogP contribution in [0, 0.1) is 0 Å². The van der Waals surface area contributed by atoms with Crippen molar-refractivity contribution in [1.82, 2.24) is 4.57 Å². The summed E-state index contributed by atoms with van der Waals surface area (Å²) < 4.78 is 9.76. The van der Waals surface area contributed by atoms with Crippen LogP contribution in [0.5, 0.6) is 11.5 Å². The molecule has 2 aliphatic heterocycles. The maximum atomic E-state index is 7.35. The van der Waals surface area contributed by atoms with E-state index in [1.165, 1.54) is 114 Å². The predicted octanol–water partition coefficient (Wildman–Crippen LogP) is 14.2. The minimum atomic E-state index is -0.0985. The lowest BCUT2D eigenvalue weighted by Crippen LogP contribution is -2.59. The van der Waals surface area contributed by atoms with Crippen molar-refractivity contribution in [3.05, 3.63) is 162 Å². The second-order valence-electron chi connectivity index (χ2n) is 18.8. The van der Waals surface area contributed by atoms with E-state index in [9.17, 15) is 0 Å². The molecule has 3 heterocycles. The van der Waals surface area contributed by atoms with E-state index in [0.717, 1.165) is 49.3 Å². The van der Waals surface area contributed by atoms with E-state index in [-0.39, 0.29) is 12.1 Å². The van der Waals surface area contributed by atoms with E-state index in [1.807, 2.05) is 0 Å². The Balaban J connectivity index is 1.25. The number of nitrogens with zero attached hydrogens (tertiary/aromatic N) is 2. The number of benzene rings is 7. The highest BCUT2D eigenvalue weighted by atomic mass is 16.5. The highest BCUT2D eigenvalue weighted by Crippen LogP contribution is 2.47. The van der Waals surface area contributed by atoms with Gasteiger partial charge in [-0.25, -0.2) is 0 Å². The number of fused-ring (bicyclic) bond motifs is 7. The number of anilines is 3. The molecule has 0 atom stereocenters. The first-order valence-electron chi connectivity index (χ1n) is 23.4. The van der Waals surface area contributed by atoms with Crippen LogP contribution in [0.3, 0.4) is 0 Å². The Labute approximate surface area is 369 Å². The van der Waals surface area contributed by atoms with Gasteiger partial charge in [-0.2, -0.15) is 0 Å². The standard InChI is InChI=1S/C58H59BN2O/c1-7-10-20-39-33-42(21-11-8-2)57(43(34-39)22-12-9-3)61-52-32-29-41(40-23-14-13-15-24-40)35-49(52)59-48-31-30-45(60-50-27-18-16-25-46(50)47-26-17-19-28-51(47)60)38-54(48)62-55-37-44(58(4,5)6)36-53(61)56(55)59/h13-19,23-38H,7-12,20-22H2,1-6H3. The fourth-order valence-electron chi connectivity index (χ4n) is 10.3. The van der Waals surface area contributed by atoms with E-state index < -0.39 is 0 Å². The molecule has 4 heteroatoms. The normalized spacial score (nSPS) is 13.0. The molecule has 310 valence electrons. The summed E-state index contributed by atoms with van der Waals surface area (Å²) >= 11 is 0. The quantitative estimate of drug-likeness (QED) is 0.114. The van der Waals surface area contributed by atoms with E-state index in [2.05, 4.69) is 191 Å². The highest BCUT2D eigenvalue weighted by molar-refractivity contribution is 6.99. The van der Waals surface area contributed by atoms with Gasteiger partial charge in [0.25, 0.3) is 6.71 Å². The van der Waals surface area contributed by atoms with Gasteiger partial charge in [-0.1, -0.05) is 158 Å². The van der Waals surface area contributed by atoms with Crippen LogP contribution in [0.25, 0.3) is 38.6 Å². The monoisotopic (exact) mass is 810 g/mol. The zero-order chi connectivity index (χ0) is 42.5. The molecule has 1 aromatic heterocycles. The Morgan fingerprint density at radius 3 is 1.81 bits per heavy atom. The molecular formula is C58H59BN2O. The predicted molar refractivity (Wildman–Crippen MR) is 267 cm³/mol. The van der Waals surface area contributed by atoms with Crippen LogP contribution in [0.4, 0.5) is 17.1 Å². The Morgan fingerprint density at radius 2 is 1.16 bits per heavy atom. The minimum Gasteiger partial charge on any atom is -0.458 e. The number of hydrogen-bond donors (Lipinski definition) is 0. The molecule has 62 heavy (non-hydrogen) atoms. The molecule has 0 fully saturated rings. The third-order valence-corrected chi connectivity index (χ3v) is 13.5. The average Bonchev–Trinajstić information content (AvgIpc) is 3.63. The van der Waals surface area contributed by atoms with Crippen LogP contribution in [-0.2, 0) is 24.7 Å². The summed E-state index contributed by atoms with van der Waals surface area (Å²) in [5.41, 5.74) is 19.3. The largest absolute Gasteiger partial charge is 0.458 e. The molecule has 0 bridgehead atoms. The summed E-state index contributed by atoms with van der Waals surface area (Å²) in [5.74, 6) is 1.89. The van der Waals surface area contributed by atoms with E-state index in [0.29, 0.717) is 0 Å². The second kappa shape index (κ2) is 16.4. The molecule has 0 spiro atoms. The van der Waals surface area contributed by atoms with Crippen molar-refractivity contribution in [2.45, 2.75) is 105 Å². The van der Waals surface area contributed by atoms with Gasteiger partial charge >= 0.3 is 0 Å². The Hall–Kier alpha value is -6.00. The van der Waals surface area contributed by atoms with Crippen LogP contribution in [0.2, 0.25) is 0 Å². The Bertz CT molecular complexity index is 2870. The van der Waals surface area contributed by atoms with Gasteiger partial charge in [0.1, 0.15) is 11.5 Å². The number of unbranched alkanes of at least 4 members (excludes halogenated alkanes) is 3. The summed E-state index contributed by atoms with van der Waals surface area (Å²) in [7, 11) is 0. The van der Waals surface area contributed by atoms with Gasteiger partial charge < -0.3 is 14.2 Å². The maximum absolute atomic E-state index is 7.35. The number of aryl methyl sites for hydroxylation is 3. The fourth-order valence-corrected chi connectivity index (χ4v) is 10.3. The molecule has 0 aliphatic carbocycles. The SMILES string of the molecule is CCCCc1cc(CCCC)c(N2c3ccc(-c4ccccc4)cc3B3c4ccc(-n5c6ccccc6c6ccccc65)cc4Oc4cc(C(C)(C)C)cc2c43)c(CCCC)c1. The van der Waals surface area contributed by atoms with Gasteiger partial charge in [-0.3, -0.25) is 0 Å². The van der Waals surface area contributed by atoms with Crippen molar-refractivity contribution in [1.29, 1.82) is 0 Å². The summed E-state index contributed by atoms with van der Waals surface area (Å²) in [5, 5.41) is 2.52. The molecule has 10 rings (SSSR count). The fraction of sp³-hybridized carbons (Fsp3) is 0.276. The van der Waals surface area contributed by atoms with Crippen LogP contribution in [0.15, 0.2) is 140 Å². The molecular weight excluding hydrogens is 751 g/mol. The summed E-state index contributed by atoms with van der Waals surface area (Å²) in [6, 6.07) is 52.7. The van der Waals surface area contributed by atoms with Gasteiger partial charge in [0.15, 0.2) is 0 Å². The number of ether oxygens (including phenoxy) is 1. The van der Waals surface area contributed by atoms with Gasteiger partial charge in [-0.05, 0) is 130 Å². The van der Waals surface area contributed by atoms with Crippen LogP contribution < -0.4 is 26.0 Å². The van der Waals surface area contributed by atoms with Gasteiger partial charge in [-0.15, -0.1) is 0 Å². The highest BCUT2D eigenvalue weighted by Gasteiger charge is 2.44. The lowest BCUT2D eigenvalue weighted by atomic mass is 9.34. The lowest BCUT2D eigenvalue weighted by molar-refractivity contribution is 0.483. The number of aromatic nitrogens is 1. The third-order valence-electron chi connectivity index (χ3n) is 13.5. The Kier molecular flexibility index (Phi) is 10.6. The number of hydrogen-bond acceptors (Lipinski definition) is 2. The van der Waals surface area contributed by atoms with E-state index in [1.54, 1.807) is 0 Å². The molecule has 3 nitrogen and oxygen atoms in total. The topological polar surface area (TPSA) is 17.4 Å². The smallest absolute Gasteiger partial charge is 0.256 e. The molecule has 0 saturated heterocycles. The molecule has 0 saturated carbocycles. The first kappa shape index (κ1) is 40.1. The van der Waals surface area contributed by atoms with Crippen LogP contribution in [0.1, 0.15) is 102 Å². The van der Waals surface area contributed by atoms with Crippen molar-refractivity contribution >= 4 is 62.0 Å². The zero-order valence-corrected chi connectivity index (χ0v) is 37.5. The van der Waals surface area contributed by atoms with Crippen LogP contribution in [-0.4, -0.2) is 11.3 Å². The first-order valence-corrected chi connectivity index (χ1v) is 23.4. The molecule has 8 aromatic rings. The lowest BCUT2D eigenvalue weighted by Gasteiger charge is -2.42. The number of rotatable bonds is 12. The molecule has 7 aromatic carbocycles. The zero-order valence-electron chi connectivity index (χ0n) is 37.5. The summed E-state index contributed by atoms with van der Waals surface area (Å²) in [4.78, 5) is 2.69. The molecule has 0 radical (unpaired) electrons. The van der Waals surface area contributed by atoms with Gasteiger partial charge in [0.2, 0.25) is 0 Å². The van der Waals surface area contributed by atoms with Crippen molar-refractivity contribution < 1.29 is 4.74 Å². The molecule has 0 amide bonds. The minimum absolute atomic E-state index is 0.0121. The van der Waals surface area contributed by atoms with Crippen molar-refractivity contribution in [3.63, 3.8) is 0 Å². The van der Waals surface area contributed by atoms with E-state index >= 15 is 0 Å². The molecule has 2 aliphatic rings. The third kappa shape index (κ3) is 6.93. The molecule has 0 N–H and O–H groups in total. The van der Waals surface area contributed by atoms with Crippen molar-refractivity contribution in [3.8, 4) is 28.3 Å². The summed E-state index contributed by atoms with van der Waals surface area (Å²) in [6.45, 7) is 14.0. The second-order valence-corrected chi connectivity index (χ2v) is 18.8. The number of para-hydroxylation sites is 2. The Morgan fingerprint density at radius 1 is 0.532 bits per heavy atom. The first-order chi connectivity index (χ1) is 30.3. The maximum Gasteiger partial charge on any atom is 0.256 e. The molecule has 0 unspecified atom stereocenters. The van der Waals surface area contributed by atoms with Crippen molar-refractivity contribution in [2.24, 2.45) is 0 Å². The van der Waals surface area contributed by atoms with Crippen molar-refractivity contribution in [2.75, 3.05) is 4.90 Å².